The van der Waals surface area contributed by atoms with Gasteiger partial charge in [-0.1, -0.05) is 55.1 Å². The molecule has 3 atom stereocenters. The molecule has 1 aromatic rings. The van der Waals surface area contributed by atoms with Gasteiger partial charge in [0.2, 0.25) is 0 Å². The van der Waals surface area contributed by atoms with Crippen molar-refractivity contribution >= 4 is 40.6 Å². The number of anilines is 1. The second-order valence-electron chi connectivity index (χ2n) is 4.95. The lowest BCUT2D eigenvalue weighted by atomic mass is 9.93. The highest BCUT2D eigenvalue weighted by molar-refractivity contribution is 6.42. The summed E-state index contributed by atoms with van der Waals surface area (Å²) < 4.78 is 0. The Morgan fingerprint density at radius 1 is 1.28 bits per heavy atom. The van der Waals surface area contributed by atoms with E-state index in [0.717, 1.165) is 12.3 Å². The van der Waals surface area contributed by atoms with Crippen molar-refractivity contribution in [3.63, 3.8) is 0 Å². The van der Waals surface area contributed by atoms with E-state index in [2.05, 4.69) is 24.1 Å². The summed E-state index contributed by atoms with van der Waals surface area (Å²) in [6, 6.07) is 2.05. The molecule has 1 fully saturated rings. The molecule has 5 heteroatoms. The molecule has 1 aromatic heterocycles. The largest absolute Gasteiger partial charge is 0.366 e. The van der Waals surface area contributed by atoms with Gasteiger partial charge in [-0.15, -0.1) is 0 Å². The van der Waals surface area contributed by atoms with E-state index in [9.17, 15) is 0 Å². The quantitative estimate of drug-likeness (QED) is 0.769. The fourth-order valence-electron chi connectivity index (χ4n) is 2.75. The second-order valence-corrected chi connectivity index (χ2v) is 6.12. The summed E-state index contributed by atoms with van der Waals surface area (Å²) in [5.41, 5.74) is 0. The molecule has 0 aromatic carbocycles. The lowest BCUT2D eigenvalue weighted by Gasteiger charge is -2.22. The molecule has 0 radical (unpaired) electrons. The number of hydrogen-bond donors (Lipinski definition) is 1. The zero-order valence-corrected chi connectivity index (χ0v) is 12.8. The average Bonchev–Trinajstić information content (AvgIpc) is 2.67. The van der Waals surface area contributed by atoms with Gasteiger partial charge in [0.1, 0.15) is 11.0 Å². The van der Waals surface area contributed by atoms with E-state index in [1.54, 1.807) is 6.07 Å². The molecule has 1 heterocycles. The first-order valence-corrected chi connectivity index (χ1v) is 7.44. The van der Waals surface area contributed by atoms with Gasteiger partial charge in [0, 0.05) is 6.04 Å². The Kier molecular flexibility index (Phi) is 4.63. The highest BCUT2D eigenvalue weighted by Gasteiger charge is 2.32. The number of rotatable bonds is 3. The first-order chi connectivity index (χ1) is 8.52. The van der Waals surface area contributed by atoms with Gasteiger partial charge >= 0.3 is 0 Å². The Hall–Kier alpha value is -0.180. The third-order valence-electron chi connectivity index (χ3n) is 3.96. The molecule has 0 amide bonds. The fraction of sp³-hybridized carbons (Fsp3) is 0.615. The lowest BCUT2D eigenvalue weighted by Crippen LogP contribution is -2.25. The van der Waals surface area contributed by atoms with Crippen molar-refractivity contribution in [2.24, 2.45) is 11.8 Å². The number of pyridine rings is 1. The normalized spacial score (nSPS) is 27.5. The molecular weight excluding hydrogens is 291 g/mol. The zero-order valence-electron chi connectivity index (χ0n) is 10.5. The lowest BCUT2D eigenvalue weighted by molar-refractivity contribution is 0.391. The predicted octanol–water partition coefficient (Wildman–Crippen LogP) is 5.28. The summed E-state index contributed by atoms with van der Waals surface area (Å²) in [6.45, 7) is 4.53. The summed E-state index contributed by atoms with van der Waals surface area (Å²) in [4.78, 5) is 4.21. The van der Waals surface area contributed by atoms with E-state index < -0.39 is 0 Å². The Balaban J connectivity index is 2.13. The van der Waals surface area contributed by atoms with E-state index in [0.29, 0.717) is 33.0 Å². The number of halogens is 3. The monoisotopic (exact) mass is 306 g/mol. The Morgan fingerprint density at radius 3 is 2.61 bits per heavy atom. The molecule has 1 N–H and O–H groups in total. The van der Waals surface area contributed by atoms with Crippen LogP contribution in [0.5, 0.6) is 0 Å². The maximum absolute atomic E-state index is 6.13. The molecule has 2 rings (SSSR count). The van der Waals surface area contributed by atoms with Gasteiger partial charge < -0.3 is 5.32 Å². The minimum atomic E-state index is 0.293. The van der Waals surface area contributed by atoms with Crippen molar-refractivity contribution in [1.29, 1.82) is 0 Å². The number of nitrogens with one attached hydrogen (secondary N) is 1. The van der Waals surface area contributed by atoms with Crippen LogP contribution < -0.4 is 5.32 Å². The molecule has 1 aliphatic rings. The van der Waals surface area contributed by atoms with Crippen LogP contribution in [0.25, 0.3) is 0 Å². The third-order valence-corrected chi connectivity index (χ3v) is 4.92. The maximum Gasteiger partial charge on any atom is 0.150 e. The van der Waals surface area contributed by atoms with Gasteiger partial charge in [0.25, 0.3) is 0 Å². The first-order valence-electron chi connectivity index (χ1n) is 6.31. The standard InChI is InChI=1S/C13H17Cl3N2/c1-3-8-4-5-11(7(8)2)17-13-10(15)6-9(14)12(16)18-13/h6-8,11H,3-5H2,1-2H3,(H,17,18). The maximum atomic E-state index is 6.13. The molecule has 0 saturated heterocycles. The van der Waals surface area contributed by atoms with Crippen LogP contribution in [-0.2, 0) is 0 Å². The van der Waals surface area contributed by atoms with Gasteiger partial charge in [-0.3, -0.25) is 0 Å². The molecule has 0 spiro atoms. The van der Waals surface area contributed by atoms with Crippen molar-refractivity contribution in [2.75, 3.05) is 5.32 Å². The van der Waals surface area contributed by atoms with Crippen LogP contribution in [0.3, 0.4) is 0 Å². The van der Waals surface area contributed by atoms with E-state index in [4.69, 9.17) is 34.8 Å². The topological polar surface area (TPSA) is 24.9 Å². The Labute approximate surface area is 123 Å². The van der Waals surface area contributed by atoms with Gasteiger partial charge in [0.05, 0.1) is 10.0 Å². The molecule has 1 aliphatic carbocycles. The van der Waals surface area contributed by atoms with Crippen LogP contribution in [0.15, 0.2) is 6.07 Å². The van der Waals surface area contributed by atoms with E-state index >= 15 is 0 Å². The molecule has 18 heavy (non-hydrogen) atoms. The van der Waals surface area contributed by atoms with Crippen LogP contribution in [0.4, 0.5) is 5.82 Å². The van der Waals surface area contributed by atoms with Crippen LogP contribution in [0.2, 0.25) is 15.2 Å². The van der Waals surface area contributed by atoms with E-state index in [-0.39, 0.29) is 0 Å². The minimum absolute atomic E-state index is 0.293. The SMILES string of the molecule is CCC1CCC(Nc2nc(Cl)c(Cl)cc2Cl)C1C. The van der Waals surface area contributed by atoms with Gasteiger partial charge in [0.15, 0.2) is 0 Å². The summed E-state index contributed by atoms with van der Waals surface area (Å²) in [5, 5.41) is 4.61. The van der Waals surface area contributed by atoms with Crippen molar-refractivity contribution in [1.82, 2.24) is 4.98 Å². The molecule has 0 aliphatic heterocycles. The summed E-state index contributed by atoms with van der Waals surface area (Å²) >= 11 is 17.9. The van der Waals surface area contributed by atoms with Crippen molar-refractivity contribution in [3.05, 3.63) is 21.3 Å². The molecular formula is C13H17Cl3N2. The highest BCUT2D eigenvalue weighted by Crippen LogP contribution is 2.37. The van der Waals surface area contributed by atoms with Crippen LogP contribution >= 0.6 is 34.8 Å². The van der Waals surface area contributed by atoms with Crippen molar-refractivity contribution in [3.8, 4) is 0 Å². The van der Waals surface area contributed by atoms with E-state index in [1.807, 2.05) is 0 Å². The molecule has 3 unspecified atom stereocenters. The van der Waals surface area contributed by atoms with Crippen molar-refractivity contribution < 1.29 is 0 Å². The second kappa shape index (κ2) is 5.85. The van der Waals surface area contributed by atoms with Crippen molar-refractivity contribution in [2.45, 2.75) is 39.2 Å². The smallest absolute Gasteiger partial charge is 0.150 e. The summed E-state index contributed by atoms with van der Waals surface area (Å²) in [6.07, 6.45) is 3.63. The van der Waals surface area contributed by atoms with Crippen LogP contribution in [0, 0.1) is 11.8 Å². The van der Waals surface area contributed by atoms with Crippen LogP contribution in [0.1, 0.15) is 33.1 Å². The van der Waals surface area contributed by atoms with Gasteiger partial charge in [-0.2, -0.15) is 0 Å². The molecule has 100 valence electrons. The molecule has 1 saturated carbocycles. The van der Waals surface area contributed by atoms with E-state index in [1.165, 1.54) is 12.8 Å². The van der Waals surface area contributed by atoms with Crippen LogP contribution in [-0.4, -0.2) is 11.0 Å². The Bertz CT molecular complexity index is 436. The summed E-state index contributed by atoms with van der Waals surface area (Å²) in [5.74, 6) is 2.05. The summed E-state index contributed by atoms with van der Waals surface area (Å²) in [7, 11) is 0. The average molecular weight is 308 g/mol. The first kappa shape index (κ1) is 14.2. The highest BCUT2D eigenvalue weighted by atomic mass is 35.5. The zero-order chi connectivity index (χ0) is 13.3. The predicted molar refractivity (Wildman–Crippen MR) is 78.9 cm³/mol. The molecule has 0 bridgehead atoms. The van der Waals surface area contributed by atoms with Gasteiger partial charge in [-0.05, 0) is 30.7 Å². The number of hydrogen-bond acceptors (Lipinski definition) is 2. The van der Waals surface area contributed by atoms with Gasteiger partial charge in [-0.25, -0.2) is 4.98 Å². The third kappa shape index (κ3) is 2.87. The fourth-order valence-corrected chi connectivity index (χ4v) is 3.30. The number of aromatic nitrogens is 1. The number of nitrogens with zero attached hydrogens (tertiary/aromatic N) is 1. The molecule has 2 nitrogen and oxygen atoms in total. The Morgan fingerprint density at radius 2 is 2.00 bits per heavy atom. The minimum Gasteiger partial charge on any atom is -0.366 e.